The van der Waals surface area contributed by atoms with Crippen LogP contribution < -0.4 is 5.32 Å². The molecule has 0 aromatic carbocycles. The summed E-state index contributed by atoms with van der Waals surface area (Å²) in [4.78, 5) is 14.4. The van der Waals surface area contributed by atoms with Crippen LogP contribution in [0.3, 0.4) is 0 Å². The van der Waals surface area contributed by atoms with E-state index in [0.29, 0.717) is 19.1 Å². The molecule has 2 heterocycles. The second-order valence-electron chi connectivity index (χ2n) is 5.18. The van der Waals surface area contributed by atoms with E-state index in [1.54, 1.807) is 0 Å². The monoisotopic (exact) mass is 276 g/mol. The molecule has 1 atom stereocenters. The highest BCUT2D eigenvalue weighted by molar-refractivity contribution is 5.85. The summed E-state index contributed by atoms with van der Waals surface area (Å²) in [7, 11) is 0. The third kappa shape index (κ3) is 2.81. The minimum atomic E-state index is 0. The molecule has 0 saturated carbocycles. The molecule has 2 rings (SSSR count). The lowest BCUT2D eigenvalue weighted by Crippen LogP contribution is -2.43. The maximum atomic E-state index is 12.3. The molecule has 1 amide bonds. The molecule has 2 saturated heterocycles. The van der Waals surface area contributed by atoms with Crippen molar-refractivity contribution in [1.82, 2.24) is 10.2 Å². The fourth-order valence-corrected chi connectivity index (χ4v) is 3.23. The largest absolute Gasteiger partial charge is 0.381 e. The molecule has 1 unspecified atom stereocenters. The Bertz CT molecular complexity index is 280. The van der Waals surface area contributed by atoms with Crippen LogP contribution in [0, 0.1) is 11.3 Å². The van der Waals surface area contributed by atoms with E-state index in [-0.39, 0.29) is 23.7 Å². The Labute approximate surface area is 116 Å². The maximum absolute atomic E-state index is 12.3. The SMILES string of the molecule is CCOCC1C(=O)N(CC)CC12CCNCC2.Cl. The van der Waals surface area contributed by atoms with Crippen LogP contribution in [0.5, 0.6) is 0 Å². The average molecular weight is 277 g/mol. The summed E-state index contributed by atoms with van der Waals surface area (Å²) in [6.45, 7) is 9.19. The molecule has 1 N–H and O–H groups in total. The van der Waals surface area contributed by atoms with Crippen molar-refractivity contribution < 1.29 is 9.53 Å². The molecule has 4 nitrogen and oxygen atoms in total. The number of hydrogen-bond donors (Lipinski definition) is 1. The van der Waals surface area contributed by atoms with Gasteiger partial charge < -0.3 is 15.0 Å². The number of halogens is 1. The van der Waals surface area contributed by atoms with Crippen molar-refractivity contribution in [2.45, 2.75) is 26.7 Å². The summed E-state index contributed by atoms with van der Waals surface area (Å²) >= 11 is 0. The second-order valence-corrected chi connectivity index (χ2v) is 5.18. The highest BCUT2D eigenvalue weighted by Crippen LogP contribution is 2.44. The normalized spacial score (nSPS) is 26.4. The van der Waals surface area contributed by atoms with Crippen molar-refractivity contribution >= 4 is 18.3 Å². The molecule has 18 heavy (non-hydrogen) atoms. The lowest BCUT2D eigenvalue weighted by molar-refractivity contribution is -0.133. The molecule has 0 bridgehead atoms. The summed E-state index contributed by atoms with van der Waals surface area (Å²) in [6, 6.07) is 0. The number of carbonyl (C=O) groups excluding carboxylic acids is 1. The van der Waals surface area contributed by atoms with Crippen LogP contribution >= 0.6 is 12.4 Å². The van der Waals surface area contributed by atoms with Gasteiger partial charge in [-0.25, -0.2) is 0 Å². The van der Waals surface area contributed by atoms with E-state index in [0.717, 1.165) is 39.0 Å². The van der Waals surface area contributed by atoms with Gasteiger partial charge in [-0.3, -0.25) is 4.79 Å². The molecule has 0 aromatic heterocycles. The fourth-order valence-electron chi connectivity index (χ4n) is 3.23. The number of nitrogens with zero attached hydrogens (tertiary/aromatic N) is 1. The first-order valence-electron chi connectivity index (χ1n) is 6.81. The Morgan fingerprint density at radius 2 is 2.06 bits per heavy atom. The van der Waals surface area contributed by atoms with Crippen LogP contribution in [-0.4, -0.2) is 50.2 Å². The molecule has 2 fully saturated rings. The standard InChI is InChI=1S/C13H24N2O2.ClH/c1-3-15-10-13(5-7-14-8-6-13)11(12(15)16)9-17-4-2;/h11,14H,3-10H2,1-2H3;1H. The fraction of sp³-hybridized carbons (Fsp3) is 0.923. The molecular formula is C13H25ClN2O2. The van der Waals surface area contributed by atoms with E-state index in [2.05, 4.69) is 12.2 Å². The Morgan fingerprint density at radius 1 is 1.39 bits per heavy atom. The lowest BCUT2D eigenvalue weighted by atomic mass is 9.71. The number of carbonyl (C=O) groups is 1. The highest BCUT2D eigenvalue weighted by atomic mass is 35.5. The van der Waals surface area contributed by atoms with Crippen molar-refractivity contribution in [2.75, 3.05) is 39.4 Å². The van der Waals surface area contributed by atoms with Gasteiger partial charge >= 0.3 is 0 Å². The lowest BCUT2D eigenvalue weighted by Gasteiger charge is -2.37. The van der Waals surface area contributed by atoms with Gasteiger partial charge in [-0.2, -0.15) is 0 Å². The quantitative estimate of drug-likeness (QED) is 0.841. The summed E-state index contributed by atoms with van der Waals surface area (Å²) in [5, 5.41) is 3.39. The van der Waals surface area contributed by atoms with Crippen molar-refractivity contribution in [3.63, 3.8) is 0 Å². The first kappa shape index (κ1) is 15.7. The Morgan fingerprint density at radius 3 is 2.61 bits per heavy atom. The molecule has 1 spiro atoms. The summed E-state index contributed by atoms with van der Waals surface area (Å²) in [6.07, 6.45) is 2.21. The van der Waals surface area contributed by atoms with Crippen molar-refractivity contribution in [2.24, 2.45) is 11.3 Å². The van der Waals surface area contributed by atoms with E-state index in [1.165, 1.54) is 0 Å². The third-order valence-electron chi connectivity index (χ3n) is 4.32. The van der Waals surface area contributed by atoms with E-state index < -0.39 is 0 Å². The van der Waals surface area contributed by atoms with Gasteiger partial charge in [0.05, 0.1) is 12.5 Å². The minimum absolute atomic E-state index is 0. The topological polar surface area (TPSA) is 41.6 Å². The number of ether oxygens (including phenoxy) is 1. The summed E-state index contributed by atoms with van der Waals surface area (Å²) in [5.74, 6) is 0.396. The number of likely N-dealkylation sites (tertiary alicyclic amines) is 1. The van der Waals surface area contributed by atoms with Gasteiger partial charge in [0.15, 0.2) is 0 Å². The Hall–Kier alpha value is -0.320. The van der Waals surface area contributed by atoms with Gasteiger partial charge in [0.25, 0.3) is 0 Å². The number of amides is 1. The van der Waals surface area contributed by atoms with Crippen LogP contribution in [0.25, 0.3) is 0 Å². The predicted octanol–water partition coefficient (Wildman–Crippen LogP) is 1.29. The van der Waals surface area contributed by atoms with Gasteiger partial charge in [-0.1, -0.05) is 0 Å². The second kappa shape index (κ2) is 6.73. The van der Waals surface area contributed by atoms with Crippen molar-refractivity contribution in [3.05, 3.63) is 0 Å². The zero-order valence-electron chi connectivity index (χ0n) is 11.4. The molecule has 0 aliphatic carbocycles. The number of hydrogen-bond acceptors (Lipinski definition) is 3. The Kier molecular flexibility index (Phi) is 5.89. The van der Waals surface area contributed by atoms with Gasteiger partial charge in [0.2, 0.25) is 5.91 Å². The Balaban J connectivity index is 0.00000162. The van der Waals surface area contributed by atoms with Gasteiger partial charge in [-0.15, -0.1) is 12.4 Å². The minimum Gasteiger partial charge on any atom is -0.381 e. The third-order valence-corrected chi connectivity index (χ3v) is 4.32. The molecule has 2 aliphatic rings. The van der Waals surface area contributed by atoms with Crippen LogP contribution in [0.4, 0.5) is 0 Å². The van der Waals surface area contributed by atoms with Crippen LogP contribution in [-0.2, 0) is 9.53 Å². The summed E-state index contributed by atoms with van der Waals surface area (Å²) in [5.41, 5.74) is 0.174. The average Bonchev–Trinajstić information content (AvgIpc) is 2.61. The predicted molar refractivity (Wildman–Crippen MR) is 74.0 cm³/mol. The molecule has 2 aliphatic heterocycles. The first-order chi connectivity index (χ1) is 8.23. The molecular weight excluding hydrogens is 252 g/mol. The smallest absolute Gasteiger partial charge is 0.228 e. The van der Waals surface area contributed by atoms with Crippen LogP contribution in [0.2, 0.25) is 0 Å². The van der Waals surface area contributed by atoms with Crippen molar-refractivity contribution in [3.8, 4) is 0 Å². The van der Waals surface area contributed by atoms with E-state index in [4.69, 9.17) is 4.74 Å². The van der Waals surface area contributed by atoms with Crippen LogP contribution in [0.1, 0.15) is 26.7 Å². The number of rotatable bonds is 4. The number of piperidine rings is 1. The van der Waals surface area contributed by atoms with Crippen LogP contribution in [0.15, 0.2) is 0 Å². The molecule has 0 radical (unpaired) electrons. The molecule has 0 aromatic rings. The zero-order chi connectivity index (χ0) is 12.3. The van der Waals surface area contributed by atoms with Gasteiger partial charge in [-0.05, 0) is 39.8 Å². The van der Waals surface area contributed by atoms with Crippen molar-refractivity contribution in [1.29, 1.82) is 0 Å². The van der Waals surface area contributed by atoms with Gasteiger partial charge in [0, 0.05) is 25.1 Å². The zero-order valence-corrected chi connectivity index (χ0v) is 12.2. The summed E-state index contributed by atoms with van der Waals surface area (Å²) < 4.78 is 5.54. The van der Waals surface area contributed by atoms with E-state index >= 15 is 0 Å². The highest BCUT2D eigenvalue weighted by Gasteiger charge is 2.51. The maximum Gasteiger partial charge on any atom is 0.228 e. The first-order valence-corrected chi connectivity index (χ1v) is 6.81. The molecule has 106 valence electrons. The van der Waals surface area contributed by atoms with E-state index in [9.17, 15) is 4.79 Å². The number of nitrogens with one attached hydrogen (secondary N) is 1. The molecule has 5 heteroatoms. The van der Waals surface area contributed by atoms with E-state index in [1.807, 2.05) is 11.8 Å². The van der Waals surface area contributed by atoms with Gasteiger partial charge in [0.1, 0.15) is 0 Å².